The summed E-state index contributed by atoms with van der Waals surface area (Å²) in [6.45, 7) is 2.54. The molecule has 0 spiro atoms. The predicted molar refractivity (Wildman–Crippen MR) is 65.7 cm³/mol. The van der Waals surface area contributed by atoms with E-state index in [1.54, 1.807) is 22.1 Å². The quantitative estimate of drug-likeness (QED) is 0.801. The van der Waals surface area contributed by atoms with Crippen molar-refractivity contribution in [3.05, 3.63) is 30.9 Å². The molecule has 0 aromatic carbocycles. The zero-order chi connectivity index (χ0) is 13.2. The third-order valence-electron chi connectivity index (χ3n) is 3.29. The first kappa shape index (κ1) is 11.7. The highest BCUT2D eigenvalue weighted by molar-refractivity contribution is 5.71. The van der Waals surface area contributed by atoms with Crippen molar-refractivity contribution in [3.8, 4) is 0 Å². The molecule has 0 radical (unpaired) electrons. The zero-order valence-electron chi connectivity index (χ0n) is 10.4. The van der Waals surface area contributed by atoms with E-state index in [9.17, 15) is 4.79 Å². The molecule has 0 saturated carbocycles. The van der Waals surface area contributed by atoms with Gasteiger partial charge in [0.05, 0.1) is 6.54 Å². The number of hydrogen-bond donors (Lipinski definition) is 1. The number of amides is 2. The number of nitrogens with zero attached hydrogens (tertiary/aromatic N) is 6. The van der Waals surface area contributed by atoms with Crippen molar-refractivity contribution in [2.75, 3.05) is 6.54 Å². The Morgan fingerprint density at radius 1 is 1.47 bits per heavy atom. The van der Waals surface area contributed by atoms with Gasteiger partial charge in [0.1, 0.15) is 18.5 Å². The van der Waals surface area contributed by atoms with Gasteiger partial charge in [-0.15, -0.1) is 0 Å². The molecular weight excluding hydrogens is 246 g/mol. The summed E-state index contributed by atoms with van der Waals surface area (Å²) in [5.41, 5.74) is 5.41. The fourth-order valence-electron chi connectivity index (χ4n) is 2.42. The lowest BCUT2D eigenvalue weighted by Crippen LogP contribution is -2.38. The summed E-state index contributed by atoms with van der Waals surface area (Å²) >= 11 is 0. The van der Waals surface area contributed by atoms with E-state index in [4.69, 9.17) is 5.73 Å². The second-order valence-corrected chi connectivity index (χ2v) is 4.70. The van der Waals surface area contributed by atoms with Gasteiger partial charge in [0.2, 0.25) is 0 Å². The Balaban J connectivity index is 1.82. The standard InChI is InChI=1S/C11H15N7O/c12-11(19)17-4-9(5-18-8-13-7-15-18)3-16-2-1-14-10(16)6-17/h1-2,7-9H,3-6H2,(H2,12,19)/t9-/m0/s1. The molecule has 8 heteroatoms. The molecule has 0 bridgehead atoms. The van der Waals surface area contributed by atoms with Gasteiger partial charge in [-0.05, 0) is 0 Å². The number of imidazole rings is 1. The van der Waals surface area contributed by atoms with Crippen LogP contribution in [-0.2, 0) is 19.6 Å². The van der Waals surface area contributed by atoms with Gasteiger partial charge in [0.15, 0.2) is 0 Å². The van der Waals surface area contributed by atoms with Crippen molar-refractivity contribution < 1.29 is 4.79 Å². The maximum atomic E-state index is 11.5. The Kier molecular flexibility index (Phi) is 2.90. The molecule has 3 heterocycles. The molecule has 2 aromatic heterocycles. The molecule has 0 unspecified atom stereocenters. The molecule has 1 atom stereocenters. The fraction of sp³-hybridized carbons (Fsp3) is 0.455. The number of carbonyl (C=O) groups excluding carboxylic acids is 1. The van der Waals surface area contributed by atoms with Crippen LogP contribution in [0.1, 0.15) is 5.82 Å². The van der Waals surface area contributed by atoms with Crippen LogP contribution < -0.4 is 5.73 Å². The number of carbonyl (C=O) groups is 1. The van der Waals surface area contributed by atoms with Gasteiger partial charge in [-0.25, -0.2) is 14.8 Å². The van der Waals surface area contributed by atoms with Crippen molar-refractivity contribution in [1.82, 2.24) is 29.2 Å². The highest BCUT2D eigenvalue weighted by atomic mass is 16.2. The van der Waals surface area contributed by atoms with E-state index in [1.165, 1.54) is 6.33 Å². The number of nitrogens with two attached hydrogens (primary N) is 1. The second kappa shape index (κ2) is 4.71. The first-order valence-electron chi connectivity index (χ1n) is 6.09. The average Bonchev–Trinajstić information content (AvgIpc) is 2.98. The highest BCUT2D eigenvalue weighted by Gasteiger charge is 2.24. The van der Waals surface area contributed by atoms with Gasteiger partial charge in [-0.2, -0.15) is 5.10 Å². The van der Waals surface area contributed by atoms with E-state index in [1.807, 2.05) is 6.20 Å². The minimum Gasteiger partial charge on any atom is -0.351 e. The molecule has 1 aliphatic heterocycles. The summed E-state index contributed by atoms with van der Waals surface area (Å²) < 4.78 is 3.83. The molecule has 0 aliphatic carbocycles. The lowest BCUT2D eigenvalue weighted by Gasteiger charge is -2.21. The topological polar surface area (TPSA) is 94.9 Å². The SMILES string of the molecule is NC(=O)N1Cc2nccn2C[C@H](Cn2cncn2)C1. The van der Waals surface area contributed by atoms with Gasteiger partial charge >= 0.3 is 6.03 Å². The zero-order valence-corrected chi connectivity index (χ0v) is 10.4. The van der Waals surface area contributed by atoms with Gasteiger partial charge < -0.3 is 15.2 Å². The summed E-state index contributed by atoms with van der Waals surface area (Å²) in [5, 5.41) is 4.10. The Morgan fingerprint density at radius 2 is 2.37 bits per heavy atom. The molecule has 3 rings (SSSR count). The van der Waals surface area contributed by atoms with Crippen molar-refractivity contribution in [2.45, 2.75) is 19.6 Å². The van der Waals surface area contributed by atoms with E-state index in [0.29, 0.717) is 19.6 Å². The normalized spacial score (nSPS) is 18.9. The molecule has 2 N–H and O–H groups in total. The van der Waals surface area contributed by atoms with Gasteiger partial charge in [0, 0.05) is 37.9 Å². The smallest absolute Gasteiger partial charge is 0.315 e. The van der Waals surface area contributed by atoms with E-state index in [0.717, 1.165) is 12.4 Å². The third-order valence-corrected chi connectivity index (χ3v) is 3.29. The van der Waals surface area contributed by atoms with Crippen molar-refractivity contribution in [2.24, 2.45) is 11.7 Å². The van der Waals surface area contributed by atoms with Crippen LogP contribution in [0.25, 0.3) is 0 Å². The summed E-state index contributed by atoms with van der Waals surface area (Å²) in [7, 11) is 0. The minimum atomic E-state index is -0.417. The van der Waals surface area contributed by atoms with Gasteiger partial charge in [0.25, 0.3) is 0 Å². The van der Waals surface area contributed by atoms with Crippen LogP contribution >= 0.6 is 0 Å². The maximum Gasteiger partial charge on any atom is 0.315 e. The van der Waals surface area contributed by atoms with Gasteiger partial charge in [-0.3, -0.25) is 4.68 Å². The molecule has 100 valence electrons. The number of urea groups is 1. The summed E-state index contributed by atoms with van der Waals surface area (Å²) in [4.78, 5) is 21.3. The van der Waals surface area contributed by atoms with E-state index in [2.05, 4.69) is 19.6 Å². The monoisotopic (exact) mass is 261 g/mol. The summed E-state index contributed by atoms with van der Waals surface area (Å²) in [5.74, 6) is 1.09. The van der Waals surface area contributed by atoms with Crippen LogP contribution in [0.5, 0.6) is 0 Å². The number of fused-ring (bicyclic) bond motifs is 1. The summed E-state index contributed by atoms with van der Waals surface area (Å²) in [6, 6.07) is -0.417. The first-order valence-corrected chi connectivity index (χ1v) is 6.09. The van der Waals surface area contributed by atoms with Crippen molar-refractivity contribution >= 4 is 6.03 Å². The maximum absolute atomic E-state index is 11.5. The molecule has 0 saturated heterocycles. The van der Waals surface area contributed by atoms with Crippen LogP contribution in [0.15, 0.2) is 25.0 Å². The molecule has 19 heavy (non-hydrogen) atoms. The largest absolute Gasteiger partial charge is 0.351 e. The van der Waals surface area contributed by atoms with Crippen molar-refractivity contribution in [3.63, 3.8) is 0 Å². The minimum absolute atomic E-state index is 0.227. The van der Waals surface area contributed by atoms with E-state index >= 15 is 0 Å². The number of primary amides is 1. The molecule has 2 amide bonds. The molecular formula is C11H15N7O. The molecule has 0 fully saturated rings. The predicted octanol–water partition coefficient (Wildman–Crippen LogP) is -0.315. The highest BCUT2D eigenvalue weighted by Crippen LogP contribution is 2.16. The lowest BCUT2D eigenvalue weighted by molar-refractivity contribution is 0.191. The van der Waals surface area contributed by atoms with Crippen molar-refractivity contribution in [1.29, 1.82) is 0 Å². The van der Waals surface area contributed by atoms with E-state index < -0.39 is 6.03 Å². The van der Waals surface area contributed by atoms with Crippen LogP contribution in [0.4, 0.5) is 4.79 Å². The van der Waals surface area contributed by atoms with Crippen LogP contribution in [0.3, 0.4) is 0 Å². The van der Waals surface area contributed by atoms with E-state index in [-0.39, 0.29) is 5.92 Å². The van der Waals surface area contributed by atoms with Crippen LogP contribution in [0, 0.1) is 5.92 Å². The lowest BCUT2D eigenvalue weighted by atomic mass is 10.1. The first-order chi connectivity index (χ1) is 9.22. The molecule has 8 nitrogen and oxygen atoms in total. The van der Waals surface area contributed by atoms with Crippen LogP contribution in [0.2, 0.25) is 0 Å². The Labute approximate surface area is 109 Å². The number of rotatable bonds is 2. The fourth-order valence-corrected chi connectivity index (χ4v) is 2.42. The Hall–Kier alpha value is -2.38. The molecule has 2 aromatic rings. The second-order valence-electron chi connectivity index (χ2n) is 4.70. The van der Waals surface area contributed by atoms with Crippen LogP contribution in [-0.4, -0.2) is 41.8 Å². The molecule has 1 aliphatic rings. The Morgan fingerprint density at radius 3 is 3.11 bits per heavy atom. The van der Waals surface area contributed by atoms with Gasteiger partial charge in [-0.1, -0.05) is 0 Å². The summed E-state index contributed by atoms with van der Waals surface area (Å²) in [6.07, 6.45) is 6.85. The average molecular weight is 261 g/mol. The number of hydrogen-bond acceptors (Lipinski definition) is 4. The number of aromatic nitrogens is 5. The third kappa shape index (κ3) is 2.42. The Bertz CT molecular complexity index is 561.